The number of unbranched alkanes of at least 4 members (excludes halogenated alkanes) is 1. The number of pyridine rings is 1. The van der Waals surface area contributed by atoms with Crippen LogP contribution in [0.3, 0.4) is 0 Å². The van der Waals surface area contributed by atoms with Gasteiger partial charge in [0.1, 0.15) is 0 Å². The highest BCUT2D eigenvalue weighted by atomic mass is 16.5. The van der Waals surface area contributed by atoms with E-state index in [-0.39, 0.29) is 5.56 Å². The Morgan fingerprint density at radius 3 is 2.64 bits per heavy atom. The van der Waals surface area contributed by atoms with Crippen LogP contribution in [0.4, 0.5) is 0 Å². The first-order chi connectivity index (χ1) is 12.1. The molecular weight excluding hydrogens is 314 g/mol. The van der Waals surface area contributed by atoms with E-state index in [1.807, 2.05) is 18.6 Å². The van der Waals surface area contributed by atoms with E-state index in [9.17, 15) is 4.79 Å². The van der Waals surface area contributed by atoms with Gasteiger partial charge < -0.3 is 13.9 Å². The zero-order chi connectivity index (χ0) is 18.0. The zero-order valence-corrected chi connectivity index (χ0v) is 15.4. The molecule has 0 amide bonds. The Morgan fingerprint density at radius 1 is 1.16 bits per heavy atom. The van der Waals surface area contributed by atoms with Gasteiger partial charge in [-0.25, -0.2) is 4.98 Å². The molecular formula is C20H25N3O2. The lowest BCUT2D eigenvalue weighted by molar-refractivity contribution is 0.405. The fourth-order valence-corrected chi connectivity index (χ4v) is 3.16. The maximum atomic E-state index is 12.1. The van der Waals surface area contributed by atoms with Gasteiger partial charge in [0.05, 0.1) is 24.5 Å². The lowest BCUT2D eigenvalue weighted by Crippen LogP contribution is -2.17. The number of hydrogen-bond donors (Lipinski definition) is 0. The van der Waals surface area contributed by atoms with E-state index in [1.54, 1.807) is 11.6 Å². The number of ether oxygens (including phenoxy) is 1. The molecule has 3 aromatic rings. The fraction of sp³-hybridized carbons (Fsp3) is 0.400. The van der Waals surface area contributed by atoms with E-state index in [1.165, 1.54) is 12.7 Å². The van der Waals surface area contributed by atoms with Gasteiger partial charge in [-0.1, -0.05) is 20.3 Å². The minimum absolute atomic E-state index is 0.129. The van der Waals surface area contributed by atoms with Crippen LogP contribution in [-0.4, -0.2) is 21.2 Å². The molecule has 0 spiro atoms. The lowest BCUT2D eigenvalue weighted by Gasteiger charge is -2.11. The van der Waals surface area contributed by atoms with Crippen molar-refractivity contribution >= 4 is 11.0 Å². The number of nitrogens with zero attached hydrogens (tertiary/aromatic N) is 3. The van der Waals surface area contributed by atoms with Crippen LogP contribution in [-0.2, 0) is 20.0 Å². The molecule has 0 saturated carbocycles. The molecule has 3 rings (SSSR count). The summed E-state index contributed by atoms with van der Waals surface area (Å²) in [6.45, 7) is 5.31. The van der Waals surface area contributed by atoms with Crippen LogP contribution in [0.15, 0.2) is 35.5 Å². The number of fused-ring (bicyclic) bond motifs is 1. The Balaban J connectivity index is 2.19. The molecule has 0 radical (unpaired) electrons. The highest BCUT2D eigenvalue weighted by Crippen LogP contribution is 2.29. The molecule has 0 aliphatic heterocycles. The van der Waals surface area contributed by atoms with Crippen molar-refractivity contribution in [2.45, 2.75) is 39.7 Å². The quantitative estimate of drug-likeness (QED) is 0.687. The molecule has 2 heterocycles. The average molecular weight is 339 g/mol. The van der Waals surface area contributed by atoms with Crippen molar-refractivity contribution < 1.29 is 4.74 Å². The van der Waals surface area contributed by atoms with Gasteiger partial charge in [-0.3, -0.25) is 4.79 Å². The molecule has 0 atom stereocenters. The Morgan fingerprint density at radius 2 is 1.96 bits per heavy atom. The maximum absolute atomic E-state index is 12.1. The molecule has 0 aliphatic carbocycles. The van der Waals surface area contributed by atoms with Crippen molar-refractivity contribution in [1.82, 2.24) is 14.1 Å². The molecule has 0 unspecified atom stereocenters. The summed E-state index contributed by atoms with van der Waals surface area (Å²) < 4.78 is 9.03. The summed E-state index contributed by atoms with van der Waals surface area (Å²) in [4.78, 5) is 16.7. The second kappa shape index (κ2) is 7.13. The highest BCUT2D eigenvalue weighted by Gasteiger charge is 2.12. The Hall–Kier alpha value is -2.56. The summed E-state index contributed by atoms with van der Waals surface area (Å²) in [5.41, 5.74) is 5.36. The van der Waals surface area contributed by atoms with Crippen LogP contribution in [0.25, 0.3) is 22.2 Å². The van der Waals surface area contributed by atoms with Gasteiger partial charge in [-0.2, -0.15) is 0 Å². The van der Waals surface area contributed by atoms with Crippen molar-refractivity contribution in [2.75, 3.05) is 7.11 Å². The van der Waals surface area contributed by atoms with Crippen molar-refractivity contribution in [1.29, 1.82) is 0 Å². The van der Waals surface area contributed by atoms with Crippen molar-refractivity contribution in [3.05, 3.63) is 46.6 Å². The first-order valence-corrected chi connectivity index (χ1v) is 8.81. The Kier molecular flexibility index (Phi) is 4.93. The van der Waals surface area contributed by atoms with Crippen LogP contribution >= 0.6 is 0 Å². The van der Waals surface area contributed by atoms with Gasteiger partial charge in [0.15, 0.2) is 5.75 Å². The monoisotopic (exact) mass is 339 g/mol. The third-order valence-electron chi connectivity index (χ3n) is 4.64. The maximum Gasteiger partial charge on any atom is 0.292 e. The van der Waals surface area contributed by atoms with Crippen molar-refractivity contribution in [3.8, 4) is 16.9 Å². The number of aryl methyl sites for hydroxylation is 3. The fourth-order valence-electron chi connectivity index (χ4n) is 3.16. The predicted octanol–water partition coefficient (Wildman–Crippen LogP) is 3.77. The van der Waals surface area contributed by atoms with Crippen molar-refractivity contribution in [2.24, 2.45) is 7.05 Å². The highest BCUT2D eigenvalue weighted by molar-refractivity contribution is 5.85. The molecule has 0 N–H and O–H groups in total. The molecule has 25 heavy (non-hydrogen) atoms. The standard InChI is InChI=1S/C20H25N3O2/c1-5-7-8-23-13-21-19-14(6-2)9-15(10-17(19)23)16-11-18(25-4)20(24)22(3)12-16/h9-13H,5-8H2,1-4H3. The number of imidazole rings is 1. The second-order valence-corrected chi connectivity index (χ2v) is 6.36. The molecule has 0 fully saturated rings. The summed E-state index contributed by atoms with van der Waals surface area (Å²) in [6, 6.07) is 6.14. The third-order valence-corrected chi connectivity index (χ3v) is 4.64. The van der Waals surface area contributed by atoms with Crippen LogP contribution in [0, 0.1) is 0 Å². The summed E-state index contributed by atoms with van der Waals surface area (Å²) in [5, 5.41) is 0. The summed E-state index contributed by atoms with van der Waals surface area (Å²) in [6.07, 6.45) is 6.99. The van der Waals surface area contributed by atoms with E-state index in [4.69, 9.17) is 4.74 Å². The number of benzene rings is 1. The summed E-state index contributed by atoms with van der Waals surface area (Å²) in [5.74, 6) is 0.359. The largest absolute Gasteiger partial charge is 0.491 e. The molecule has 0 aliphatic rings. The van der Waals surface area contributed by atoms with E-state index in [2.05, 4.69) is 35.5 Å². The van der Waals surface area contributed by atoms with Gasteiger partial charge in [-0.05, 0) is 42.2 Å². The average Bonchev–Trinajstić information content (AvgIpc) is 3.04. The molecule has 0 bridgehead atoms. The first kappa shape index (κ1) is 17.3. The summed E-state index contributed by atoms with van der Waals surface area (Å²) >= 11 is 0. The number of rotatable bonds is 6. The normalized spacial score (nSPS) is 11.2. The molecule has 0 saturated heterocycles. The molecule has 132 valence electrons. The first-order valence-electron chi connectivity index (χ1n) is 8.81. The SMILES string of the molecule is CCCCn1cnc2c(CC)cc(-c3cc(OC)c(=O)n(C)c3)cc21. The minimum Gasteiger partial charge on any atom is -0.491 e. The predicted molar refractivity (Wildman–Crippen MR) is 101 cm³/mol. The van der Waals surface area contributed by atoms with E-state index < -0.39 is 0 Å². The van der Waals surface area contributed by atoms with E-state index >= 15 is 0 Å². The Labute approximate surface area is 147 Å². The topological polar surface area (TPSA) is 49.1 Å². The molecule has 1 aromatic carbocycles. The van der Waals surface area contributed by atoms with Crippen molar-refractivity contribution in [3.63, 3.8) is 0 Å². The van der Waals surface area contributed by atoms with Crippen LogP contribution < -0.4 is 10.3 Å². The minimum atomic E-state index is -0.129. The van der Waals surface area contributed by atoms with E-state index in [0.29, 0.717) is 5.75 Å². The van der Waals surface area contributed by atoms with Gasteiger partial charge in [0, 0.05) is 25.4 Å². The number of methoxy groups -OCH3 is 1. The van der Waals surface area contributed by atoms with Gasteiger partial charge in [-0.15, -0.1) is 0 Å². The van der Waals surface area contributed by atoms with Crippen LogP contribution in [0.1, 0.15) is 32.3 Å². The Bertz CT molecular complexity index is 953. The van der Waals surface area contributed by atoms with Crippen LogP contribution in [0.5, 0.6) is 5.75 Å². The summed E-state index contributed by atoms with van der Waals surface area (Å²) in [7, 11) is 3.28. The molecule has 5 heteroatoms. The second-order valence-electron chi connectivity index (χ2n) is 6.36. The smallest absolute Gasteiger partial charge is 0.292 e. The number of hydrogen-bond acceptors (Lipinski definition) is 3. The third kappa shape index (κ3) is 3.18. The van der Waals surface area contributed by atoms with Gasteiger partial charge in [0.25, 0.3) is 5.56 Å². The molecule has 2 aromatic heterocycles. The van der Waals surface area contributed by atoms with Crippen LogP contribution in [0.2, 0.25) is 0 Å². The zero-order valence-electron chi connectivity index (χ0n) is 15.4. The number of aromatic nitrogens is 3. The molecule has 5 nitrogen and oxygen atoms in total. The van der Waals surface area contributed by atoms with Gasteiger partial charge in [0.2, 0.25) is 0 Å². The van der Waals surface area contributed by atoms with E-state index in [0.717, 1.165) is 48.0 Å². The lowest BCUT2D eigenvalue weighted by atomic mass is 10.0. The van der Waals surface area contributed by atoms with Gasteiger partial charge >= 0.3 is 0 Å².